The average molecular weight is 425 g/mol. The van der Waals surface area contributed by atoms with Gasteiger partial charge in [0.15, 0.2) is 4.32 Å². The van der Waals surface area contributed by atoms with Gasteiger partial charge in [-0.05, 0) is 42.5 Å². The number of thiocarbonyl (C=S) groups is 1. The zero-order valence-electron chi connectivity index (χ0n) is 14.7. The maximum atomic E-state index is 13.9. The number of thioether (sulfide) groups is 1. The highest BCUT2D eigenvalue weighted by molar-refractivity contribution is 8.27. The summed E-state index contributed by atoms with van der Waals surface area (Å²) in [4.78, 5) is 25.6. The zero-order valence-corrected chi connectivity index (χ0v) is 16.3. The van der Waals surface area contributed by atoms with E-state index in [9.17, 15) is 14.0 Å². The van der Waals surface area contributed by atoms with E-state index in [4.69, 9.17) is 21.7 Å². The fourth-order valence-corrected chi connectivity index (χ4v) is 4.11. The Kier molecular flexibility index (Phi) is 5.04. The van der Waals surface area contributed by atoms with Crippen LogP contribution in [0.2, 0.25) is 0 Å². The summed E-state index contributed by atoms with van der Waals surface area (Å²) < 4.78 is 19.9. The summed E-state index contributed by atoms with van der Waals surface area (Å²) in [7, 11) is 0. The van der Waals surface area contributed by atoms with Crippen LogP contribution in [-0.4, -0.2) is 21.3 Å². The number of benzene rings is 2. The molecular formula is C21H12FNO4S2. The average Bonchev–Trinajstić information content (AvgIpc) is 3.27. The molecule has 1 aliphatic rings. The number of nitrogens with zero attached hydrogens (tertiary/aromatic N) is 1. The zero-order chi connectivity index (χ0) is 20.5. The first-order valence-electron chi connectivity index (χ1n) is 8.40. The normalized spacial score (nSPS) is 15.3. The first kappa shape index (κ1) is 19.1. The minimum atomic E-state index is -1.09. The first-order valence-corrected chi connectivity index (χ1v) is 9.62. The van der Waals surface area contributed by atoms with Crippen LogP contribution in [0.3, 0.4) is 0 Å². The Morgan fingerprint density at radius 1 is 1.14 bits per heavy atom. The van der Waals surface area contributed by atoms with Crippen molar-refractivity contribution in [3.05, 3.63) is 82.7 Å². The third-order valence-corrected chi connectivity index (χ3v) is 5.49. The Labute approximate surface area is 174 Å². The molecular weight excluding hydrogens is 413 g/mol. The number of halogens is 1. The van der Waals surface area contributed by atoms with Crippen molar-refractivity contribution in [1.82, 2.24) is 0 Å². The Hall–Kier alpha value is -3.23. The molecule has 2 heterocycles. The summed E-state index contributed by atoms with van der Waals surface area (Å²) in [5.41, 5.74) is 0.758. The predicted molar refractivity (Wildman–Crippen MR) is 113 cm³/mol. The summed E-state index contributed by atoms with van der Waals surface area (Å²) in [5, 5.41) is 9.15. The van der Waals surface area contributed by atoms with Crippen molar-refractivity contribution < 1.29 is 23.5 Å². The summed E-state index contributed by atoms with van der Waals surface area (Å²) in [6.45, 7) is 0. The molecule has 1 aromatic heterocycles. The molecule has 0 radical (unpaired) electrons. The fourth-order valence-electron chi connectivity index (χ4n) is 2.83. The Morgan fingerprint density at radius 2 is 1.93 bits per heavy atom. The van der Waals surface area contributed by atoms with Crippen LogP contribution in [-0.2, 0) is 4.79 Å². The number of carboxylic acids is 1. The van der Waals surface area contributed by atoms with Crippen molar-refractivity contribution in [3.8, 4) is 11.3 Å². The molecule has 144 valence electrons. The van der Waals surface area contributed by atoms with Gasteiger partial charge < -0.3 is 9.52 Å². The minimum absolute atomic E-state index is 0.0566. The van der Waals surface area contributed by atoms with E-state index in [1.807, 2.05) is 0 Å². The largest absolute Gasteiger partial charge is 0.478 e. The number of hydrogen-bond donors (Lipinski definition) is 1. The topological polar surface area (TPSA) is 70.8 Å². The van der Waals surface area contributed by atoms with Crippen molar-refractivity contribution in [2.24, 2.45) is 0 Å². The van der Waals surface area contributed by atoms with E-state index in [-0.39, 0.29) is 15.8 Å². The van der Waals surface area contributed by atoms with E-state index in [2.05, 4.69) is 0 Å². The second kappa shape index (κ2) is 7.65. The second-order valence-corrected chi connectivity index (χ2v) is 7.73. The molecule has 0 spiro atoms. The lowest BCUT2D eigenvalue weighted by molar-refractivity contribution is -0.113. The van der Waals surface area contributed by atoms with Crippen molar-refractivity contribution in [2.75, 3.05) is 4.90 Å². The van der Waals surface area contributed by atoms with E-state index in [0.29, 0.717) is 27.7 Å². The van der Waals surface area contributed by atoms with E-state index in [1.54, 1.807) is 42.5 Å². The quantitative estimate of drug-likeness (QED) is 0.458. The number of amides is 1. The fraction of sp³-hybridized carbons (Fsp3) is 0. The number of rotatable bonds is 4. The number of anilines is 1. The van der Waals surface area contributed by atoms with Crippen LogP contribution in [0.25, 0.3) is 17.4 Å². The van der Waals surface area contributed by atoms with Crippen molar-refractivity contribution in [1.29, 1.82) is 0 Å². The number of carboxylic acid groups (broad SMARTS) is 1. The van der Waals surface area contributed by atoms with Crippen molar-refractivity contribution in [3.63, 3.8) is 0 Å². The third kappa shape index (κ3) is 3.72. The maximum absolute atomic E-state index is 13.9. The highest BCUT2D eigenvalue weighted by atomic mass is 32.2. The molecule has 1 aliphatic heterocycles. The smallest absolute Gasteiger partial charge is 0.335 e. The van der Waals surface area contributed by atoms with Crippen LogP contribution in [0.5, 0.6) is 0 Å². The number of hydrogen-bond acceptors (Lipinski definition) is 5. The van der Waals surface area contributed by atoms with Crippen molar-refractivity contribution in [2.45, 2.75) is 0 Å². The molecule has 4 rings (SSSR count). The van der Waals surface area contributed by atoms with Crippen LogP contribution in [0, 0.1) is 5.82 Å². The highest BCUT2D eigenvalue weighted by Gasteiger charge is 2.33. The highest BCUT2D eigenvalue weighted by Crippen LogP contribution is 2.37. The molecule has 1 amide bonds. The van der Waals surface area contributed by atoms with E-state index >= 15 is 0 Å². The summed E-state index contributed by atoms with van der Waals surface area (Å²) in [6.07, 6.45) is 1.53. The lowest BCUT2D eigenvalue weighted by Crippen LogP contribution is -2.27. The van der Waals surface area contributed by atoms with Gasteiger partial charge in [-0.25, -0.2) is 9.18 Å². The molecule has 3 aromatic rings. The van der Waals surface area contributed by atoms with Gasteiger partial charge in [-0.15, -0.1) is 0 Å². The van der Waals surface area contributed by atoms with Crippen LogP contribution in [0.1, 0.15) is 16.1 Å². The minimum Gasteiger partial charge on any atom is -0.478 e. The van der Waals surface area contributed by atoms with Gasteiger partial charge in [0.2, 0.25) is 0 Å². The standard InChI is InChI=1S/C21H12FNO4S2/c22-16-7-2-1-6-15(16)17-9-8-14(27-17)11-18-19(24)23(21(28)29-18)13-5-3-4-12(10-13)20(25)26/h1-11H,(H,25,26). The van der Waals surface area contributed by atoms with Gasteiger partial charge in [0.25, 0.3) is 5.91 Å². The lowest BCUT2D eigenvalue weighted by atomic mass is 10.1. The third-order valence-electron chi connectivity index (χ3n) is 4.18. The molecule has 2 aromatic carbocycles. The van der Waals surface area contributed by atoms with Crippen molar-refractivity contribution >= 4 is 51.9 Å². The Balaban J connectivity index is 1.63. The number of carbonyl (C=O) groups is 2. The Bertz CT molecular complexity index is 1180. The van der Waals surface area contributed by atoms with Gasteiger partial charge >= 0.3 is 5.97 Å². The number of aromatic carboxylic acids is 1. The van der Waals surface area contributed by atoms with Crippen LogP contribution in [0.4, 0.5) is 10.1 Å². The first-order chi connectivity index (χ1) is 13.9. The van der Waals surface area contributed by atoms with E-state index < -0.39 is 11.8 Å². The summed E-state index contributed by atoms with van der Waals surface area (Å²) in [6, 6.07) is 15.5. The van der Waals surface area contributed by atoms with Crippen LogP contribution < -0.4 is 4.90 Å². The molecule has 0 aliphatic carbocycles. The molecule has 0 unspecified atom stereocenters. The SMILES string of the molecule is O=C(O)c1cccc(N2C(=O)C(=Cc3ccc(-c4ccccc4F)o3)SC2=S)c1. The van der Waals surface area contributed by atoms with Gasteiger partial charge in [-0.3, -0.25) is 9.69 Å². The molecule has 1 saturated heterocycles. The molecule has 0 bridgehead atoms. The van der Waals surface area contributed by atoms with Gasteiger partial charge in [-0.2, -0.15) is 0 Å². The monoisotopic (exact) mass is 425 g/mol. The summed E-state index contributed by atoms with van der Waals surface area (Å²) in [5.74, 6) is -1.16. The second-order valence-electron chi connectivity index (χ2n) is 6.05. The number of furan rings is 1. The van der Waals surface area contributed by atoms with Gasteiger partial charge in [0, 0.05) is 6.08 Å². The molecule has 29 heavy (non-hydrogen) atoms. The van der Waals surface area contributed by atoms with E-state index in [0.717, 1.165) is 11.8 Å². The van der Waals surface area contributed by atoms with Crippen LogP contribution in [0.15, 0.2) is 70.0 Å². The Morgan fingerprint density at radius 3 is 2.69 bits per heavy atom. The van der Waals surface area contributed by atoms with E-state index in [1.165, 1.54) is 29.2 Å². The molecule has 1 N–H and O–H groups in total. The van der Waals surface area contributed by atoms with Gasteiger partial charge in [0.05, 0.1) is 21.7 Å². The van der Waals surface area contributed by atoms with Crippen LogP contribution >= 0.6 is 24.0 Å². The molecule has 1 fully saturated rings. The van der Waals surface area contributed by atoms with Gasteiger partial charge in [-0.1, -0.05) is 42.2 Å². The molecule has 8 heteroatoms. The molecule has 0 atom stereocenters. The molecule has 0 saturated carbocycles. The number of carbonyl (C=O) groups excluding carboxylic acids is 1. The lowest BCUT2D eigenvalue weighted by Gasteiger charge is -2.14. The maximum Gasteiger partial charge on any atom is 0.335 e. The molecule has 5 nitrogen and oxygen atoms in total. The predicted octanol–water partition coefficient (Wildman–Crippen LogP) is 5.19. The summed E-state index contributed by atoms with van der Waals surface area (Å²) >= 11 is 6.38. The van der Waals surface area contributed by atoms with Gasteiger partial charge in [0.1, 0.15) is 17.3 Å².